The van der Waals surface area contributed by atoms with Gasteiger partial charge in [0.15, 0.2) is 0 Å². The van der Waals surface area contributed by atoms with Gasteiger partial charge in [-0.15, -0.1) is 0 Å². The number of hydrogen-bond donors (Lipinski definition) is 2. The molecule has 18 heavy (non-hydrogen) atoms. The molecule has 2 rings (SSSR count). The number of para-hydroxylation sites is 2. The number of aromatic nitrogens is 2. The molecule has 0 amide bonds. The molecule has 1 heterocycles. The van der Waals surface area contributed by atoms with Gasteiger partial charge < -0.3 is 10.7 Å². The van der Waals surface area contributed by atoms with Gasteiger partial charge in [0.1, 0.15) is 5.82 Å². The average Bonchev–Trinajstić information content (AvgIpc) is 2.76. The Hall–Kier alpha value is -1.35. The molecule has 3 nitrogen and oxygen atoms in total. The summed E-state index contributed by atoms with van der Waals surface area (Å²) >= 11 is 0. The van der Waals surface area contributed by atoms with Crippen LogP contribution in [0.5, 0.6) is 0 Å². The van der Waals surface area contributed by atoms with Crippen molar-refractivity contribution in [2.75, 3.05) is 6.54 Å². The van der Waals surface area contributed by atoms with Crippen molar-refractivity contribution in [3.8, 4) is 0 Å². The van der Waals surface area contributed by atoms with Crippen molar-refractivity contribution in [3.05, 3.63) is 30.1 Å². The lowest BCUT2D eigenvalue weighted by atomic mass is 9.88. The zero-order valence-electron chi connectivity index (χ0n) is 11.3. The summed E-state index contributed by atoms with van der Waals surface area (Å²) in [5.74, 6) is 2.49. The number of nitrogens with two attached hydrogens (primary N) is 1. The molecule has 0 fully saturated rings. The summed E-state index contributed by atoms with van der Waals surface area (Å²) < 4.78 is 0. The zero-order valence-corrected chi connectivity index (χ0v) is 11.3. The van der Waals surface area contributed by atoms with Gasteiger partial charge in [-0.2, -0.15) is 0 Å². The van der Waals surface area contributed by atoms with Gasteiger partial charge in [-0.3, -0.25) is 0 Å². The van der Waals surface area contributed by atoms with Crippen LogP contribution in [0.25, 0.3) is 11.0 Å². The number of H-pyrrole nitrogens is 1. The highest BCUT2D eigenvalue weighted by Crippen LogP contribution is 2.21. The number of hydrogen-bond acceptors (Lipinski definition) is 2. The van der Waals surface area contributed by atoms with Crippen molar-refractivity contribution in [3.63, 3.8) is 0 Å². The van der Waals surface area contributed by atoms with Crippen LogP contribution in [0.2, 0.25) is 0 Å². The molecule has 0 saturated carbocycles. The number of imidazole rings is 1. The minimum absolute atomic E-state index is 0.693. The molecule has 0 bridgehead atoms. The molecule has 3 heteroatoms. The SMILES string of the molecule is CC(C)C(CCN)CCc1nc2ccccc2[nH]1. The first-order valence-corrected chi connectivity index (χ1v) is 6.84. The van der Waals surface area contributed by atoms with Crippen LogP contribution in [0.3, 0.4) is 0 Å². The van der Waals surface area contributed by atoms with Crippen LogP contribution in [-0.4, -0.2) is 16.5 Å². The van der Waals surface area contributed by atoms with Gasteiger partial charge in [0, 0.05) is 6.42 Å². The molecule has 3 N–H and O–H groups in total. The van der Waals surface area contributed by atoms with Crippen LogP contribution in [-0.2, 0) is 6.42 Å². The molecule has 1 aromatic carbocycles. The summed E-state index contributed by atoms with van der Waals surface area (Å²) in [5.41, 5.74) is 7.87. The quantitative estimate of drug-likeness (QED) is 0.821. The Bertz CT molecular complexity index is 454. The lowest BCUT2D eigenvalue weighted by molar-refractivity contribution is 0.339. The first-order valence-electron chi connectivity index (χ1n) is 6.84. The summed E-state index contributed by atoms with van der Waals surface area (Å²) in [7, 11) is 0. The van der Waals surface area contributed by atoms with E-state index in [9.17, 15) is 0 Å². The van der Waals surface area contributed by atoms with E-state index >= 15 is 0 Å². The molecule has 1 aromatic heterocycles. The fourth-order valence-corrected chi connectivity index (χ4v) is 2.47. The van der Waals surface area contributed by atoms with Gasteiger partial charge >= 0.3 is 0 Å². The second-order valence-corrected chi connectivity index (χ2v) is 5.32. The van der Waals surface area contributed by atoms with E-state index in [2.05, 4.69) is 35.9 Å². The maximum Gasteiger partial charge on any atom is 0.107 e. The number of aryl methyl sites for hydroxylation is 1. The molecule has 0 aliphatic carbocycles. The molecule has 98 valence electrons. The van der Waals surface area contributed by atoms with Gasteiger partial charge in [-0.1, -0.05) is 26.0 Å². The van der Waals surface area contributed by atoms with Crippen LogP contribution < -0.4 is 5.73 Å². The fourth-order valence-electron chi connectivity index (χ4n) is 2.47. The lowest BCUT2D eigenvalue weighted by Gasteiger charge is -2.19. The molecule has 0 aliphatic rings. The highest BCUT2D eigenvalue weighted by atomic mass is 14.9. The number of benzene rings is 1. The average molecular weight is 245 g/mol. The van der Waals surface area contributed by atoms with E-state index in [4.69, 9.17) is 5.73 Å². The normalized spacial score (nSPS) is 13.3. The van der Waals surface area contributed by atoms with Crippen LogP contribution in [0, 0.1) is 11.8 Å². The second kappa shape index (κ2) is 6.01. The largest absolute Gasteiger partial charge is 0.342 e. The molecule has 0 spiro atoms. The predicted octanol–water partition coefficient (Wildman–Crippen LogP) is 3.12. The number of rotatable bonds is 6. The molecule has 2 aromatic rings. The Morgan fingerprint density at radius 3 is 2.67 bits per heavy atom. The van der Waals surface area contributed by atoms with Crippen LogP contribution in [0.15, 0.2) is 24.3 Å². The van der Waals surface area contributed by atoms with Crippen LogP contribution in [0.4, 0.5) is 0 Å². The smallest absolute Gasteiger partial charge is 0.107 e. The van der Waals surface area contributed by atoms with Crippen molar-refractivity contribution in [1.29, 1.82) is 0 Å². The van der Waals surface area contributed by atoms with Crippen molar-refractivity contribution >= 4 is 11.0 Å². The third-order valence-electron chi connectivity index (χ3n) is 3.67. The third kappa shape index (κ3) is 3.10. The van der Waals surface area contributed by atoms with E-state index in [-0.39, 0.29) is 0 Å². The molecule has 0 radical (unpaired) electrons. The van der Waals surface area contributed by atoms with Gasteiger partial charge in [0.25, 0.3) is 0 Å². The number of nitrogens with one attached hydrogen (secondary N) is 1. The highest BCUT2D eigenvalue weighted by molar-refractivity contribution is 5.74. The molecule has 0 aliphatic heterocycles. The lowest BCUT2D eigenvalue weighted by Crippen LogP contribution is -2.15. The van der Waals surface area contributed by atoms with Gasteiger partial charge in [0.2, 0.25) is 0 Å². The van der Waals surface area contributed by atoms with Gasteiger partial charge in [0.05, 0.1) is 11.0 Å². The summed E-state index contributed by atoms with van der Waals surface area (Å²) in [5, 5.41) is 0. The summed E-state index contributed by atoms with van der Waals surface area (Å²) in [6.07, 6.45) is 3.28. The van der Waals surface area contributed by atoms with Crippen molar-refractivity contribution < 1.29 is 0 Å². The highest BCUT2D eigenvalue weighted by Gasteiger charge is 2.13. The topological polar surface area (TPSA) is 54.7 Å². The monoisotopic (exact) mass is 245 g/mol. The first-order chi connectivity index (χ1) is 8.70. The van der Waals surface area contributed by atoms with E-state index in [1.807, 2.05) is 12.1 Å². The van der Waals surface area contributed by atoms with E-state index < -0.39 is 0 Å². The van der Waals surface area contributed by atoms with Gasteiger partial charge in [-0.05, 0) is 43.4 Å². The number of aromatic amines is 1. The molecule has 1 atom stereocenters. The predicted molar refractivity (Wildman–Crippen MR) is 76.4 cm³/mol. The summed E-state index contributed by atoms with van der Waals surface area (Å²) in [6.45, 7) is 5.33. The van der Waals surface area contributed by atoms with Crippen LogP contribution in [0.1, 0.15) is 32.5 Å². The molecule has 1 unspecified atom stereocenters. The first kappa shape index (κ1) is 13.1. The Morgan fingerprint density at radius 1 is 1.22 bits per heavy atom. The maximum absolute atomic E-state index is 5.67. The minimum Gasteiger partial charge on any atom is -0.342 e. The number of fused-ring (bicyclic) bond motifs is 1. The summed E-state index contributed by atoms with van der Waals surface area (Å²) in [6, 6.07) is 8.19. The Kier molecular flexibility index (Phi) is 4.37. The number of nitrogens with zero attached hydrogens (tertiary/aromatic N) is 1. The second-order valence-electron chi connectivity index (χ2n) is 5.32. The Balaban J connectivity index is 2.00. The minimum atomic E-state index is 0.693. The summed E-state index contributed by atoms with van der Waals surface area (Å²) in [4.78, 5) is 8.01. The fraction of sp³-hybridized carbons (Fsp3) is 0.533. The van der Waals surface area contributed by atoms with E-state index in [0.29, 0.717) is 11.8 Å². The zero-order chi connectivity index (χ0) is 13.0. The van der Waals surface area contributed by atoms with Crippen LogP contribution >= 0.6 is 0 Å². The van der Waals surface area contributed by atoms with Crippen molar-refractivity contribution in [2.45, 2.75) is 33.1 Å². The molecule has 0 saturated heterocycles. The molecular weight excluding hydrogens is 222 g/mol. The van der Waals surface area contributed by atoms with Gasteiger partial charge in [-0.25, -0.2) is 4.98 Å². The Morgan fingerprint density at radius 2 is 2.00 bits per heavy atom. The van der Waals surface area contributed by atoms with Crippen molar-refractivity contribution in [1.82, 2.24) is 9.97 Å². The molecular formula is C15H23N3. The van der Waals surface area contributed by atoms with Crippen molar-refractivity contribution in [2.24, 2.45) is 17.6 Å². The van der Waals surface area contributed by atoms with E-state index in [1.54, 1.807) is 0 Å². The van der Waals surface area contributed by atoms with E-state index in [1.165, 1.54) is 0 Å². The van der Waals surface area contributed by atoms with E-state index in [0.717, 1.165) is 42.7 Å². The standard InChI is InChI=1S/C15H23N3/c1-11(2)12(9-10-16)7-8-15-17-13-5-3-4-6-14(13)18-15/h3-6,11-12H,7-10,16H2,1-2H3,(H,17,18). The third-order valence-corrected chi connectivity index (χ3v) is 3.67. The Labute approximate surface area is 109 Å². The maximum atomic E-state index is 5.67.